The number of nitrogens with zero attached hydrogens (tertiary/aromatic N) is 1. The molecule has 0 radical (unpaired) electrons. The number of methoxy groups -OCH3 is 1. The van der Waals surface area contributed by atoms with Crippen molar-refractivity contribution in [3.05, 3.63) is 59.7 Å². The van der Waals surface area contributed by atoms with Crippen LogP contribution in [-0.4, -0.2) is 62.5 Å². The summed E-state index contributed by atoms with van der Waals surface area (Å²) >= 11 is 0. The first-order chi connectivity index (χ1) is 16.0. The number of likely N-dealkylation sites (tertiary alicyclic amines) is 1. The van der Waals surface area contributed by atoms with Crippen LogP contribution in [0.4, 0.5) is 11.4 Å². The topological polar surface area (TPSA) is 99.8 Å². The lowest BCUT2D eigenvalue weighted by Crippen LogP contribution is -2.37. The van der Waals surface area contributed by atoms with E-state index in [2.05, 4.69) is 22.9 Å². The van der Waals surface area contributed by atoms with Gasteiger partial charge in [0.15, 0.2) is 0 Å². The molecule has 3 rings (SSSR count). The van der Waals surface area contributed by atoms with Crippen molar-refractivity contribution in [2.45, 2.75) is 19.8 Å². The number of nitrogens with one attached hydrogen (secondary N) is 3. The fraction of sp³-hybridized carbons (Fsp3) is 0.400. The van der Waals surface area contributed by atoms with Gasteiger partial charge in [-0.25, -0.2) is 0 Å². The van der Waals surface area contributed by atoms with Crippen molar-refractivity contribution >= 4 is 29.1 Å². The molecule has 1 heterocycles. The van der Waals surface area contributed by atoms with Gasteiger partial charge in [-0.3, -0.25) is 14.4 Å². The Morgan fingerprint density at radius 3 is 2.42 bits per heavy atom. The maximum absolute atomic E-state index is 12.6. The van der Waals surface area contributed by atoms with Crippen LogP contribution in [0, 0.1) is 5.92 Å². The molecule has 0 spiro atoms. The third kappa shape index (κ3) is 7.32. The van der Waals surface area contributed by atoms with E-state index in [9.17, 15) is 14.4 Å². The molecule has 2 aromatic carbocycles. The molecule has 3 N–H and O–H groups in total. The zero-order chi connectivity index (χ0) is 23.6. The van der Waals surface area contributed by atoms with Crippen molar-refractivity contribution in [1.82, 2.24) is 10.2 Å². The highest BCUT2D eigenvalue weighted by Gasteiger charge is 2.21. The van der Waals surface area contributed by atoms with E-state index in [0.717, 1.165) is 25.9 Å². The third-order valence-electron chi connectivity index (χ3n) is 5.66. The number of amides is 3. The Hall–Kier alpha value is -3.39. The monoisotopic (exact) mass is 452 g/mol. The molecule has 0 aromatic heterocycles. The molecule has 1 aliphatic rings. The summed E-state index contributed by atoms with van der Waals surface area (Å²) in [6, 6.07) is 13.9. The molecule has 0 saturated carbocycles. The lowest BCUT2D eigenvalue weighted by molar-refractivity contribution is -0.114. The average molecular weight is 453 g/mol. The smallest absolute Gasteiger partial charge is 0.253 e. The van der Waals surface area contributed by atoms with E-state index in [-0.39, 0.29) is 24.3 Å². The highest BCUT2D eigenvalue weighted by atomic mass is 16.5. The van der Waals surface area contributed by atoms with Gasteiger partial charge in [0.2, 0.25) is 5.91 Å². The quantitative estimate of drug-likeness (QED) is 0.508. The molecule has 0 unspecified atom stereocenters. The zero-order valence-corrected chi connectivity index (χ0v) is 19.2. The Balaban J connectivity index is 1.47. The molecule has 8 nitrogen and oxygen atoms in total. The number of hydrogen-bond donors (Lipinski definition) is 3. The van der Waals surface area contributed by atoms with Crippen LogP contribution in [0.3, 0.4) is 0 Å². The predicted octanol–water partition coefficient (Wildman–Crippen LogP) is 2.99. The number of carbonyl (C=O) groups is 3. The van der Waals surface area contributed by atoms with Crippen LogP contribution in [0.5, 0.6) is 0 Å². The van der Waals surface area contributed by atoms with Gasteiger partial charge in [0.25, 0.3) is 11.8 Å². The Labute approximate surface area is 194 Å². The minimum absolute atomic E-state index is 0.0348. The van der Waals surface area contributed by atoms with Crippen LogP contribution in [0.2, 0.25) is 0 Å². The number of hydrogen-bond acceptors (Lipinski definition) is 5. The minimum Gasteiger partial charge on any atom is -0.383 e. The summed E-state index contributed by atoms with van der Waals surface area (Å²) < 4.78 is 4.92. The maximum Gasteiger partial charge on any atom is 0.253 e. The highest BCUT2D eigenvalue weighted by Crippen LogP contribution is 2.19. The van der Waals surface area contributed by atoms with Gasteiger partial charge >= 0.3 is 0 Å². The molecule has 1 fully saturated rings. The predicted molar refractivity (Wildman–Crippen MR) is 129 cm³/mol. The standard InChI is InChI=1S/C25H32N4O4/c1-18-10-13-29(14-11-18)25(32)19-6-8-21(9-7-19)28-23(30)17-27-22-5-3-4-20(16-22)24(31)26-12-15-33-2/h3-9,16,18,27H,10-15,17H2,1-2H3,(H,26,31)(H,28,30). The molecular weight excluding hydrogens is 420 g/mol. The Bertz CT molecular complexity index is 953. The number of benzene rings is 2. The summed E-state index contributed by atoms with van der Waals surface area (Å²) in [6.07, 6.45) is 2.07. The molecule has 0 aliphatic carbocycles. The second-order valence-electron chi connectivity index (χ2n) is 8.28. The van der Waals surface area contributed by atoms with Crippen molar-refractivity contribution in [2.24, 2.45) is 5.92 Å². The van der Waals surface area contributed by atoms with Crippen molar-refractivity contribution in [1.29, 1.82) is 0 Å². The molecule has 0 bridgehead atoms. The van der Waals surface area contributed by atoms with Crippen LogP contribution in [-0.2, 0) is 9.53 Å². The van der Waals surface area contributed by atoms with E-state index in [1.165, 1.54) is 0 Å². The zero-order valence-electron chi connectivity index (χ0n) is 19.2. The fourth-order valence-corrected chi connectivity index (χ4v) is 3.62. The molecule has 1 saturated heterocycles. The molecule has 176 valence electrons. The van der Waals surface area contributed by atoms with Gasteiger partial charge in [0.1, 0.15) is 0 Å². The Morgan fingerprint density at radius 1 is 1.00 bits per heavy atom. The highest BCUT2D eigenvalue weighted by molar-refractivity contribution is 5.97. The van der Waals surface area contributed by atoms with Crippen LogP contribution < -0.4 is 16.0 Å². The largest absolute Gasteiger partial charge is 0.383 e. The lowest BCUT2D eigenvalue weighted by atomic mass is 9.98. The number of rotatable bonds is 9. The number of ether oxygens (including phenoxy) is 1. The van der Waals surface area contributed by atoms with Gasteiger partial charge in [0.05, 0.1) is 13.2 Å². The Kier molecular flexibility index (Phi) is 8.83. The number of anilines is 2. The van der Waals surface area contributed by atoms with Crippen LogP contribution in [0.1, 0.15) is 40.5 Å². The second kappa shape index (κ2) is 12.0. The number of piperidine rings is 1. The molecule has 33 heavy (non-hydrogen) atoms. The lowest BCUT2D eigenvalue weighted by Gasteiger charge is -2.30. The van der Waals surface area contributed by atoms with Crippen LogP contribution in [0.15, 0.2) is 48.5 Å². The minimum atomic E-state index is -0.228. The van der Waals surface area contributed by atoms with Gasteiger partial charge in [-0.2, -0.15) is 0 Å². The van der Waals surface area contributed by atoms with Crippen LogP contribution in [0.25, 0.3) is 0 Å². The normalized spacial score (nSPS) is 13.9. The maximum atomic E-state index is 12.6. The number of carbonyl (C=O) groups excluding carboxylic acids is 3. The third-order valence-corrected chi connectivity index (χ3v) is 5.66. The average Bonchev–Trinajstić information content (AvgIpc) is 2.83. The van der Waals surface area contributed by atoms with E-state index in [4.69, 9.17) is 4.74 Å². The van der Waals surface area contributed by atoms with Crippen molar-refractivity contribution in [3.63, 3.8) is 0 Å². The summed E-state index contributed by atoms with van der Waals surface area (Å²) in [6.45, 7) is 4.71. The van der Waals surface area contributed by atoms with Gasteiger partial charge in [0, 0.05) is 49.2 Å². The SMILES string of the molecule is COCCNC(=O)c1cccc(NCC(=O)Nc2ccc(C(=O)N3CCC(C)CC3)cc2)c1. The molecule has 1 aliphatic heterocycles. The summed E-state index contributed by atoms with van der Waals surface area (Å²) in [5, 5.41) is 8.60. The molecule has 8 heteroatoms. The van der Waals surface area contributed by atoms with E-state index in [1.54, 1.807) is 55.6 Å². The summed E-state index contributed by atoms with van der Waals surface area (Å²) in [7, 11) is 1.58. The summed E-state index contributed by atoms with van der Waals surface area (Å²) in [5.74, 6) is 0.274. The van der Waals surface area contributed by atoms with Crippen molar-refractivity contribution in [3.8, 4) is 0 Å². The van der Waals surface area contributed by atoms with E-state index in [1.807, 2.05) is 4.90 Å². The summed E-state index contributed by atoms with van der Waals surface area (Å²) in [4.78, 5) is 39.0. The Morgan fingerprint density at radius 2 is 1.73 bits per heavy atom. The first kappa shape index (κ1) is 24.3. The van der Waals surface area contributed by atoms with E-state index >= 15 is 0 Å². The molecule has 2 aromatic rings. The van der Waals surface area contributed by atoms with E-state index < -0.39 is 0 Å². The van der Waals surface area contributed by atoms with Crippen molar-refractivity contribution in [2.75, 3.05) is 50.5 Å². The van der Waals surface area contributed by atoms with E-state index in [0.29, 0.717) is 41.6 Å². The first-order valence-corrected chi connectivity index (χ1v) is 11.3. The van der Waals surface area contributed by atoms with Gasteiger partial charge in [-0.05, 0) is 61.2 Å². The fourth-order valence-electron chi connectivity index (χ4n) is 3.62. The summed E-state index contributed by atoms with van der Waals surface area (Å²) in [5.41, 5.74) is 2.42. The first-order valence-electron chi connectivity index (χ1n) is 11.3. The van der Waals surface area contributed by atoms with Crippen molar-refractivity contribution < 1.29 is 19.1 Å². The van der Waals surface area contributed by atoms with Gasteiger partial charge in [-0.1, -0.05) is 13.0 Å². The molecule has 3 amide bonds. The molecular formula is C25H32N4O4. The van der Waals surface area contributed by atoms with Crippen LogP contribution >= 0.6 is 0 Å². The second-order valence-corrected chi connectivity index (χ2v) is 8.28. The van der Waals surface area contributed by atoms with Gasteiger partial charge < -0.3 is 25.6 Å². The van der Waals surface area contributed by atoms with Gasteiger partial charge in [-0.15, -0.1) is 0 Å². The molecule has 0 atom stereocenters.